The third-order valence-electron chi connectivity index (χ3n) is 12.5. The highest BCUT2D eigenvalue weighted by atomic mass is 16.3. The van der Waals surface area contributed by atoms with Gasteiger partial charge in [0.2, 0.25) is 0 Å². The molecule has 2 unspecified atom stereocenters. The standard InChI is InChI=1S/C58H38N2O/c1-2-10-41(11-3-1)54-36-55(42-26-22-38(23-27-42)37-18-20-40(21-19-37)45-31-33-52-51-16-8-9-17-56(51)61-57(52)35-45)60-58(59-54)43-28-24-39(25-29-43)44-30-32-50-48-14-5-4-12-46(48)47-13-6-7-15-49(47)53(50)34-44/h1-36,46,48H. The third kappa shape index (κ3) is 6.22. The lowest BCUT2D eigenvalue weighted by Crippen LogP contribution is -2.16. The van der Waals surface area contributed by atoms with Gasteiger partial charge >= 0.3 is 0 Å². The largest absolute Gasteiger partial charge is 0.456 e. The van der Waals surface area contributed by atoms with Crippen LogP contribution in [0.25, 0.3) is 100 Å². The molecule has 2 aliphatic carbocycles. The van der Waals surface area contributed by atoms with Crippen LogP contribution in [0.3, 0.4) is 0 Å². The van der Waals surface area contributed by atoms with Gasteiger partial charge < -0.3 is 4.42 Å². The fourth-order valence-corrected chi connectivity index (χ4v) is 9.38. The monoisotopic (exact) mass is 778 g/mol. The summed E-state index contributed by atoms with van der Waals surface area (Å²) in [6, 6.07) is 69.2. The highest BCUT2D eigenvalue weighted by Crippen LogP contribution is 2.50. The van der Waals surface area contributed by atoms with E-state index in [2.05, 4.69) is 200 Å². The number of hydrogen-bond acceptors (Lipinski definition) is 3. The van der Waals surface area contributed by atoms with Crippen LogP contribution in [-0.4, -0.2) is 9.97 Å². The van der Waals surface area contributed by atoms with Crippen LogP contribution in [-0.2, 0) is 0 Å². The van der Waals surface area contributed by atoms with E-state index in [4.69, 9.17) is 14.4 Å². The Hall–Kier alpha value is -7.88. The number of allylic oxidation sites excluding steroid dienone is 4. The van der Waals surface area contributed by atoms with E-state index in [9.17, 15) is 0 Å². The highest BCUT2D eigenvalue weighted by molar-refractivity contribution is 6.05. The molecule has 0 radical (unpaired) electrons. The van der Waals surface area contributed by atoms with E-state index in [1.54, 1.807) is 0 Å². The summed E-state index contributed by atoms with van der Waals surface area (Å²) in [4.78, 5) is 10.3. The minimum absolute atomic E-state index is 0.356. The van der Waals surface area contributed by atoms with Gasteiger partial charge in [0.05, 0.1) is 11.4 Å². The summed E-state index contributed by atoms with van der Waals surface area (Å²) >= 11 is 0. The Balaban J connectivity index is 0.839. The van der Waals surface area contributed by atoms with Crippen molar-refractivity contribution in [3.8, 4) is 78.4 Å². The van der Waals surface area contributed by atoms with Crippen LogP contribution in [0.4, 0.5) is 0 Å². The van der Waals surface area contributed by atoms with E-state index in [-0.39, 0.29) is 0 Å². The molecule has 0 saturated heterocycles. The zero-order valence-electron chi connectivity index (χ0n) is 33.2. The number of fused-ring (bicyclic) bond motifs is 9. The molecule has 10 aromatic rings. The number of nitrogens with zero attached hydrogens (tertiary/aromatic N) is 2. The van der Waals surface area contributed by atoms with Crippen molar-refractivity contribution in [2.45, 2.75) is 11.8 Å². The molecule has 2 heterocycles. The fourth-order valence-electron chi connectivity index (χ4n) is 9.38. The maximum absolute atomic E-state index is 6.17. The van der Waals surface area contributed by atoms with Gasteiger partial charge in [0.1, 0.15) is 11.2 Å². The Morgan fingerprint density at radius 1 is 0.328 bits per heavy atom. The van der Waals surface area contributed by atoms with E-state index in [0.29, 0.717) is 17.7 Å². The lowest BCUT2D eigenvalue weighted by molar-refractivity contribution is 0.669. The first kappa shape index (κ1) is 35.1. The minimum atomic E-state index is 0.356. The molecular formula is C58H38N2O. The van der Waals surface area contributed by atoms with Gasteiger partial charge in [-0.1, -0.05) is 188 Å². The van der Waals surface area contributed by atoms with Crippen molar-refractivity contribution in [1.29, 1.82) is 0 Å². The van der Waals surface area contributed by atoms with Crippen LogP contribution in [0.2, 0.25) is 0 Å². The normalized spacial score (nSPS) is 15.1. The maximum atomic E-state index is 6.17. The Morgan fingerprint density at radius 2 is 0.820 bits per heavy atom. The molecule has 286 valence electrons. The SMILES string of the molecule is C1=CC2c3ccccc3-c3cc(-c4ccc(-c5nc(-c6ccccc6)cc(-c6ccc(-c7ccc(-c8ccc9c(c8)oc8ccccc89)cc7)cc6)n5)cc4)ccc3C2C=C1. The average Bonchev–Trinajstić information content (AvgIpc) is 3.72. The highest BCUT2D eigenvalue weighted by Gasteiger charge is 2.31. The van der Waals surface area contributed by atoms with Gasteiger partial charge in [-0.2, -0.15) is 0 Å². The van der Waals surface area contributed by atoms with E-state index >= 15 is 0 Å². The Labute approximate surface area is 354 Å². The Bertz CT molecular complexity index is 3340. The quantitative estimate of drug-likeness (QED) is 0.169. The zero-order chi connectivity index (χ0) is 40.3. The van der Waals surface area contributed by atoms with Gasteiger partial charge in [-0.25, -0.2) is 9.97 Å². The van der Waals surface area contributed by atoms with Gasteiger partial charge in [0, 0.05) is 39.3 Å². The number of para-hydroxylation sites is 1. The average molecular weight is 779 g/mol. The molecule has 8 aromatic carbocycles. The van der Waals surface area contributed by atoms with Crippen molar-refractivity contribution in [2.24, 2.45) is 0 Å². The summed E-state index contributed by atoms with van der Waals surface area (Å²) in [6.45, 7) is 0. The van der Waals surface area contributed by atoms with Crippen LogP contribution in [0, 0.1) is 0 Å². The van der Waals surface area contributed by atoms with Crippen molar-refractivity contribution in [1.82, 2.24) is 9.97 Å². The molecule has 3 nitrogen and oxygen atoms in total. The molecule has 3 heteroatoms. The number of aromatic nitrogens is 2. The lowest BCUT2D eigenvalue weighted by Gasteiger charge is -2.34. The van der Waals surface area contributed by atoms with Gasteiger partial charge in [-0.15, -0.1) is 0 Å². The van der Waals surface area contributed by atoms with Crippen molar-refractivity contribution >= 4 is 21.9 Å². The summed E-state index contributed by atoms with van der Waals surface area (Å²) in [5.41, 5.74) is 19.1. The van der Waals surface area contributed by atoms with Crippen molar-refractivity contribution in [3.63, 3.8) is 0 Å². The summed E-state index contributed by atoms with van der Waals surface area (Å²) in [5.74, 6) is 1.43. The first-order valence-corrected chi connectivity index (χ1v) is 21.0. The molecular weight excluding hydrogens is 741 g/mol. The van der Waals surface area contributed by atoms with Gasteiger partial charge in [0.15, 0.2) is 5.82 Å². The van der Waals surface area contributed by atoms with Crippen molar-refractivity contribution < 1.29 is 4.42 Å². The molecule has 0 amide bonds. The van der Waals surface area contributed by atoms with Crippen LogP contribution in [0.15, 0.2) is 223 Å². The van der Waals surface area contributed by atoms with Crippen molar-refractivity contribution in [3.05, 3.63) is 230 Å². The third-order valence-corrected chi connectivity index (χ3v) is 12.5. The lowest BCUT2D eigenvalue weighted by atomic mass is 9.69. The van der Waals surface area contributed by atoms with E-state index < -0.39 is 0 Å². The van der Waals surface area contributed by atoms with Gasteiger partial charge in [-0.05, 0) is 86.0 Å². The smallest absolute Gasteiger partial charge is 0.160 e. The molecule has 2 aromatic heterocycles. The number of rotatable bonds is 6. The minimum Gasteiger partial charge on any atom is -0.456 e. The number of hydrogen-bond donors (Lipinski definition) is 0. The predicted octanol–water partition coefficient (Wildman–Crippen LogP) is 15.4. The molecule has 61 heavy (non-hydrogen) atoms. The first-order valence-electron chi connectivity index (χ1n) is 21.0. The molecule has 0 saturated carbocycles. The molecule has 0 spiro atoms. The molecule has 0 aliphatic heterocycles. The second kappa shape index (κ2) is 14.4. The predicted molar refractivity (Wildman–Crippen MR) is 251 cm³/mol. The summed E-state index contributed by atoms with van der Waals surface area (Å²) < 4.78 is 6.17. The van der Waals surface area contributed by atoms with E-state index in [0.717, 1.165) is 72.3 Å². The summed E-state index contributed by atoms with van der Waals surface area (Å²) in [5, 5.41) is 2.29. The second-order valence-electron chi connectivity index (χ2n) is 16.1. The maximum Gasteiger partial charge on any atom is 0.160 e. The topological polar surface area (TPSA) is 38.9 Å². The van der Waals surface area contributed by atoms with Crippen LogP contribution >= 0.6 is 0 Å². The summed E-state index contributed by atoms with van der Waals surface area (Å²) in [6.07, 6.45) is 9.07. The molecule has 0 bridgehead atoms. The molecule has 2 aliphatic rings. The Kier molecular flexibility index (Phi) is 8.31. The van der Waals surface area contributed by atoms with Crippen LogP contribution < -0.4 is 0 Å². The molecule has 12 rings (SSSR count). The first-order chi connectivity index (χ1) is 30.2. The number of benzene rings is 8. The molecule has 0 fully saturated rings. The van der Waals surface area contributed by atoms with Crippen molar-refractivity contribution in [2.75, 3.05) is 0 Å². The molecule has 2 atom stereocenters. The molecule has 0 N–H and O–H groups in total. The summed E-state index contributed by atoms with van der Waals surface area (Å²) in [7, 11) is 0. The van der Waals surface area contributed by atoms with Gasteiger partial charge in [0.25, 0.3) is 0 Å². The Morgan fingerprint density at radius 3 is 1.52 bits per heavy atom. The van der Waals surface area contributed by atoms with E-state index in [1.807, 2.05) is 18.2 Å². The zero-order valence-corrected chi connectivity index (χ0v) is 33.2. The van der Waals surface area contributed by atoms with Gasteiger partial charge in [-0.3, -0.25) is 0 Å². The van der Waals surface area contributed by atoms with Crippen LogP contribution in [0.5, 0.6) is 0 Å². The van der Waals surface area contributed by atoms with Crippen LogP contribution in [0.1, 0.15) is 23.0 Å². The fraction of sp³-hybridized carbons (Fsp3) is 0.0345. The van der Waals surface area contributed by atoms with E-state index in [1.165, 1.54) is 33.4 Å². The number of furan rings is 1. The second-order valence-corrected chi connectivity index (χ2v) is 16.1.